The number of piperazine rings is 1. The number of carbonyl (C=O) groups is 2. The molecule has 0 atom stereocenters. The lowest BCUT2D eigenvalue weighted by Crippen LogP contribution is -2.52. The van der Waals surface area contributed by atoms with Crippen molar-refractivity contribution >= 4 is 11.8 Å². The Bertz CT molecular complexity index is 222. The van der Waals surface area contributed by atoms with Crippen molar-refractivity contribution in [1.29, 1.82) is 0 Å². The lowest BCUT2D eigenvalue weighted by atomic mass is 10.3. The summed E-state index contributed by atoms with van der Waals surface area (Å²) < 4.78 is 0. The minimum Gasteiger partial charge on any atom is -0.346 e. The van der Waals surface area contributed by atoms with Gasteiger partial charge in [0.05, 0.1) is 0 Å². The third-order valence-electron chi connectivity index (χ3n) is 2.02. The largest absolute Gasteiger partial charge is 0.346 e. The van der Waals surface area contributed by atoms with E-state index in [0.717, 1.165) is 13.1 Å². The minimum absolute atomic E-state index is 0.00867. The van der Waals surface area contributed by atoms with Crippen LogP contribution in [0.4, 0.5) is 0 Å². The molecule has 1 heterocycles. The number of hydrogen-bond donors (Lipinski definition) is 2. The normalized spacial score (nSPS) is 16.9. The molecule has 0 spiro atoms. The number of hydrogen-bond acceptors (Lipinski definition) is 3. The molecule has 1 saturated heterocycles. The molecule has 0 aromatic rings. The third kappa shape index (κ3) is 2.99. The summed E-state index contributed by atoms with van der Waals surface area (Å²) in [6.07, 6.45) is 0. The Balaban J connectivity index is 2.42. The Hall–Kier alpha value is -1.10. The van der Waals surface area contributed by atoms with Gasteiger partial charge in [-0.25, -0.2) is 0 Å². The molecule has 0 unspecified atom stereocenters. The fourth-order valence-electron chi connectivity index (χ4n) is 1.34. The third-order valence-corrected chi connectivity index (χ3v) is 2.02. The van der Waals surface area contributed by atoms with Crippen LogP contribution < -0.4 is 10.6 Å². The van der Waals surface area contributed by atoms with Crippen LogP contribution in [0.5, 0.6) is 0 Å². The summed E-state index contributed by atoms with van der Waals surface area (Å²) in [4.78, 5) is 24.4. The Kier molecular flexibility index (Phi) is 3.88. The standard InChI is InChI=1S/C9H17N3O2/c1-7(2)11-8(13)9(14)12-5-3-10-4-6-12/h7,10H,3-6H2,1-2H3,(H,11,13). The SMILES string of the molecule is CC(C)NC(=O)C(=O)N1CCNCC1. The average Bonchev–Trinajstić information content (AvgIpc) is 2.17. The van der Waals surface area contributed by atoms with Gasteiger partial charge in [-0.05, 0) is 13.8 Å². The first kappa shape index (κ1) is 11.0. The molecule has 0 aromatic heterocycles. The first-order chi connectivity index (χ1) is 6.61. The maximum atomic E-state index is 11.5. The first-order valence-corrected chi connectivity index (χ1v) is 4.91. The van der Waals surface area contributed by atoms with Crippen LogP contribution >= 0.6 is 0 Å². The van der Waals surface area contributed by atoms with Crippen LogP contribution in [-0.4, -0.2) is 48.9 Å². The quantitative estimate of drug-likeness (QED) is 0.529. The van der Waals surface area contributed by atoms with Gasteiger partial charge in [0.2, 0.25) is 0 Å². The molecule has 0 radical (unpaired) electrons. The van der Waals surface area contributed by atoms with Crippen molar-refractivity contribution in [2.75, 3.05) is 26.2 Å². The van der Waals surface area contributed by atoms with Gasteiger partial charge in [-0.3, -0.25) is 9.59 Å². The van der Waals surface area contributed by atoms with E-state index in [0.29, 0.717) is 13.1 Å². The van der Waals surface area contributed by atoms with Gasteiger partial charge in [-0.2, -0.15) is 0 Å². The van der Waals surface area contributed by atoms with Crippen molar-refractivity contribution in [3.05, 3.63) is 0 Å². The van der Waals surface area contributed by atoms with E-state index in [1.165, 1.54) is 0 Å². The molecule has 1 aliphatic heterocycles. The summed E-state index contributed by atoms with van der Waals surface area (Å²) in [6.45, 7) is 6.43. The number of amides is 2. The molecule has 5 nitrogen and oxygen atoms in total. The zero-order valence-corrected chi connectivity index (χ0v) is 8.67. The second kappa shape index (κ2) is 4.95. The molecule has 1 fully saturated rings. The molecular formula is C9H17N3O2. The highest BCUT2D eigenvalue weighted by molar-refractivity contribution is 6.35. The highest BCUT2D eigenvalue weighted by Crippen LogP contribution is 1.93. The smallest absolute Gasteiger partial charge is 0.311 e. The molecule has 14 heavy (non-hydrogen) atoms. The van der Waals surface area contributed by atoms with Gasteiger partial charge in [-0.1, -0.05) is 0 Å². The molecule has 2 N–H and O–H groups in total. The molecule has 1 aliphatic rings. The maximum absolute atomic E-state index is 11.5. The van der Waals surface area contributed by atoms with E-state index in [9.17, 15) is 9.59 Å². The van der Waals surface area contributed by atoms with Gasteiger partial charge in [-0.15, -0.1) is 0 Å². The predicted molar refractivity (Wildman–Crippen MR) is 52.7 cm³/mol. The Morgan fingerprint density at radius 3 is 2.36 bits per heavy atom. The highest BCUT2D eigenvalue weighted by atomic mass is 16.2. The number of nitrogens with zero attached hydrogens (tertiary/aromatic N) is 1. The monoisotopic (exact) mass is 199 g/mol. The van der Waals surface area contributed by atoms with Gasteiger partial charge < -0.3 is 15.5 Å². The zero-order valence-electron chi connectivity index (χ0n) is 8.67. The summed E-state index contributed by atoms with van der Waals surface area (Å²) in [5.41, 5.74) is 0. The average molecular weight is 199 g/mol. The van der Waals surface area contributed by atoms with E-state index >= 15 is 0 Å². The summed E-state index contributed by atoms with van der Waals surface area (Å²) in [7, 11) is 0. The lowest BCUT2D eigenvalue weighted by Gasteiger charge is -2.26. The topological polar surface area (TPSA) is 61.4 Å². The number of rotatable bonds is 1. The van der Waals surface area contributed by atoms with E-state index < -0.39 is 11.8 Å². The molecule has 0 aliphatic carbocycles. The summed E-state index contributed by atoms with van der Waals surface area (Å²) >= 11 is 0. The van der Waals surface area contributed by atoms with Crippen LogP contribution in [0.3, 0.4) is 0 Å². The van der Waals surface area contributed by atoms with E-state index in [-0.39, 0.29) is 6.04 Å². The molecule has 0 aromatic carbocycles. The molecule has 80 valence electrons. The first-order valence-electron chi connectivity index (χ1n) is 4.91. The van der Waals surface area contributed by atoms with E-state index in [1.54, 1.807) is 4.90 Å². The molecule has 5 heteroatoms. The summed E-state index contributed by atoms with van der Waals surface area (Å²) in [5, 5.41) is 5.71. The second-order valence-electron chi connectivity index (χ2n) is 3.67. The molecule has 2 amide bonds. The van der Waals surface area contributed by atoms with Gasteiger partial charge in [0, 0.05) is 32.2 Å². The molecular weight excluding hydrogens is 182 g/mol. The van der Waals surface area contributed by atoms with Crippen molar-refractivity contribution in [2.45, 2.75) is 19.9 Å². The van der Waals surface area contributed by atoms with Crippen LogP contribution in [0.25, 0.3) is 0 Å². The van der Waals surface area contributed by atoms with Crippen LogP contribution in [-0.2, 0) is 9.59 Å². The molecule has 0 bridgehead atoms. The predicted octanol–water partition coefficient (Wildman–Crippen LogP) is -1.06. The van der Waals surface area contributed by atoms with Gasteiger partial charge in [0.1, 0.15) is 0 Å². The minimum atomic E-state index is -0.498. The van der Waals surface area contributed by atoms with E-state index in [1.807, 2.05) is 13.8 Å². The zero-order chi connectivity index (χ0) is 10.6. The van der Waals surface area contributed by atoms with E-state index in [2.05, 4.69) is 10.6 Å². The van der Waals surface area contributed by atoms with Gasteiger partial charge >= 0.3 is 11.8 Å². The fraction of sp³-hybridized carbons (Fsp3) is 0.778. The molecule has 1 rings (SSSR count). The van der Waals surface area contributed by atoms with Gasteiger partial charge in [0.25, 0.3) is 0 Å². The van der Waals surface area contributed by atoms with Crippen molar-refractivity contribution in [3.63, 3.8) is 0 Å². The second-order valence-corrected chi connectivity index (χ2v) is 3.67. The van der Waals surface area contributed by atoms with Crippen LogP contribution in [0.2, 0.25) is 0 Å². The highest BCUT2D eigenvalue weighted by Gasteiger charge is 2.23. The summed E-state index contributed by atoms with van der Waals surface area (Å²) in [5.74, 6) is -0.915. The van der Waals surface area contributed by atoms with Gasteiger partial charge in [0.15, 0.2) is 0 Å². The van der Waals surface area contributed by atoms with Crippen molar-refractivity contribution in [3.8, 4) is 0 Å². The lowest BCUT2D eigenvalue weighted by molar-refractivity contribution is -0.146. The number of nitrogens with one attached hydrogen (secondary N) is 2. The summed E-state index contributed by atoms with van der Waals surface area (Å²) in [6, 6.07) is 0.00867. The van der Waals surface area contributed by atoms with Crippen molar-refractivity contribution in [2.24, 2.45) is 0 Å². The van der Waals surface area contributed by atoms with Crippen LogP contribution in [0.1, 0.15) is 13.8 Å². The Morgan fingerprint density at radius 1 is 1.29 bits per heavy atom. The maximum Gasteiger partial charge on any atom is 0.311 e. The van der Waals surface area contributed by atoms with Crippen molar-refractivity contribution in [1.82, 2.24) is 15.5 Å². The Labute approximate surface area is 83.8 Å². The van der Waals surface area contributed by atoms with Crippen molar-refractivity contribution < 1.29 is 9.59 Å². The molecule has 0 saturated carbocycles. The fourth-order valence-corrected chi connectivity index (χ4v) is 1.34. The van der Waals surface area contributed by atoms with Crippen LogP contribution in [0.15, 0.2) is 0 Å². The Morgan fingerprint density at radius 2 is 1.86 bits per heavy atom. The van der Waals surface area contributed by atoms with Crippen LogP contribution in [0, 0.1) is 0 Å². The number of carbonyl (C=O) groups excluding carboxylic acids is 2. The van der Waals surface area contributed by atoms with E-state index in [4.69, 9.17) is 0 Å².